The number of hydrogen-bond acceptors (Lipinski definition) is 5. The molecule has 1 N–H and O–H groups in total. The molecule has 0 saturated carbocycles. The van der Waals surface area contributed by atoms with Crippen LogP contribution in [0.2, 0.25) is 0 Å². The summed E-state index contributed by atoms with van der Waals surface area (Å²) in [4.78, 5) is 24.2. The van der Waals surface area contributed by atoms with Crippen molar-refractivity contribution in [1.29, 1.82) is 0 Å². The fourth-order valence-corrected chi connectivity index (χ4v) is 3.09. The summed E-state index contributed by atoms with van der Waals surface area (Å²) in [5.41, 5.74) is -0.892. The van der Waals surface area contributed by atoms with Gasteiger partial charge in [-0.25, -0.2) is 9.97 Å². The smallest absolute Gasteiger partial charge is 0.224 e. The molecule has 7 nitrogen and oxygen atoms in total. The van der Waals surface area contributed by atoms with E-state index in [1.807, 2.05) is 29.0 Å². The van der Waals surface area contributed by atoms with Crippen molar-refractivity contribution >= 4 is 11.7 Å². The lowest BCUT2D eigenvalue weighted by atomic mass is 10.0. The first kappa shape index (κ1) is 16.4. The summed E-state index contributed by atoms with van der Waals surface area (Å²) in [6.45, 7) is 2.16. The lowest BCUT2D eigenvalue weighted by Crippen LogP contribution is -2.46. The minimum absolute atomic E-state index is 0.0217. The molecule has 7 heteroatoms. The van der Waals surface area contributed by atoms with Crippen LogP contribution in [0.1, 0.15) is 12.8 Å². The molecule has 3 heterocycles. The maximum absolute atomic E-state index is 12.3. The number of rotatable bonds is 6. The average Bonchev–Trinajstić information content (AvgIpc) is 3.23. The van der Waals surface area contributed by atoms with Gasteiger partial charge in [-0.1, -0.05) is 6.07 Å². The molecule has 0 aromatic carbocycles. The van der Waals surface area contributed by atoms with Gasteiger partial charge in [0.1, 0.15) is 11.4 Å². The maximum Gasteiger partial charge on any atom is 0.224 e. The Morgan fingerprint density at radius 1 is 1.42 bits per heavy atom. The molecule has 0 bridgehead atoms. The van der Waals surface area contributed by atoms with Crippen molar-refractivity contribution in [3.8, 4) is 0 Å². The summed E-state index contributed by atoms with van der Waals surface area (Å²) in [5.74, 6) is 0.885. The summed E-state index contributed by atoms with van der Waals surface area (Å²) in [6, 6.07) is 5.75. The van der Waals surface area contributed by atoms with E-state index in [1.165, 1.54) is 0 Å². The van der Waals surface area contributed by atoms with Gasteiger partial charge in [0.2, 0.25) is 5.91 Å². The van der Waals surface area contributed by atoms with Crippen LogP contribution in [-0.4, -0.2) is 62.7 Å². The number of pyridine rings is 1. The van der Waals surface area contributed by atoms with Gasteiger partial charge in [-0.05, 0) is 18.6 Å². The topological polar surface area (TPSA) is 74.5 Å². The Balaban J connectivity index is 1.52. The molecule has 1 aliphatic rings. The van der Waals surface area contributed by atoms with Crippen LogP contribution in [-0.2, 0) is 11.3 Å². The number of imidazole rings is 1. The fraction of sp³-hybridized carbons (Fsp3) is 0.471. The minimum atomic E-state index is -0.892. The summed E-state index contributed by atoms with van der Waals surface area (Å²) in [5, 5.41) is 10.8. The Morgan fingerprint density at radius 2 is 2.29 bits per heavy atom. The van der Waals surface area contributed by atoms with E-state index in [9.17, 15) is 9.90 Å². The monoisotopic (exact) mass is 329 g/mol. The van der Waals surface area contributed by atoms with Gasteiger partial charge in [0, 0.05) is 51.7 Å². The second-order valence-corrected chi connectivity index (χ2v) is 6.38. The van der Waals surface area contributed by atoms with E-state index in [0.29, 0.717) is 32.5 Å². The van der Waals surface area contributed by atoms with Gasteiger partial charge < -0.3 is 19.5 Å². The number of aliphatic hydroxyl groups is 1. The van der Waals surface area contributed by atoms with Crippen molar-refractivity contribution < 1.29 is 9.90 Å². The number of likely N-dealkylation sites (N-methyl/N-ethyl adjacent to an activating group) is 1. The van der Waals surface area contributed by atoms with Crippen molar-refractivity contribution in [2.24, 2.45) is 0 Å². The van der Waals surface area contributed by atoms with Crippen LogP contribution in [0.5, 0.6) is 0 Å². The molecule has 1 fully saturated rings. The standard InChI is InChI=1S/C17H23N5O2/c1-20(16(23)5-9-21-11-8-18-14-21)12-17(24)6-10-22(13-17)15-4-2-3-7-19-15/h2-4,7-8,11,14,24H,5-6,9-10,12-13H2,1H3/t17-/m0/s1. The van der Waals surface area contributed by atoms with E-state index in [4.69, 9.17) is 0 Å². The molecule has 24 heavy (non-hydrogen) atoms. The molecule has 0 spiro atoms. The average molecular weight is 329 g/mol. The molecule has 1 atom stereocenters. The molecule has 1 aliphatic heterocycles. The van der Waals surface area contributed by atoms with Crippen LogP contribution in [0.3, 0.4) is 0 Å². The highest BCUT2D eigenvalue weighted by Crippen LogP contribution is 2.26. The van der Waals surface area contributed by atoms with Gasteiger partial charge >= 0.3 is 0 Å². The number of β-amino-alcohol motifs (C(OH)–C–C–N with tert-alkyl or cyclic N) is 1. The second kappa shape index (κ2) is 7.00. The molecule has 0 aliphatic carbocycles. The predicted octanol–water partition coefficient (Wildman–Crippen LogP) is 0.768. The first-order valence-corrected chi connectivity index (χ1v) is 8.14. The van der Waals surface area contributed by atoms with E-state index >= 15 is 0 Å². The molecule has 2 aromatic rings. The van der Waals surface area contributed by atoms with E-state index in [2.05, 4.69) is 14.9 Å². The van der Waals surface area contributed by atoms with Gasteiger partial charge in [0.25, 0.3) is 0 Å². The quantitative estimate of drug-likeness (QED) is 0.847. The third kappa shape index (κ3) is 3.91. The van der Waals surface area contributed by atoms with Gasteiger partial charge in [-0.3, -0.25) is 4.79 Å². The molecular weight excluding hydrogens is 306 g/mol. The van der Waals surface area contributed by atoms with Crippen LogP contribution in [0.15, 0.2) is 43.1 Å². The molecule has 1 saturated heterocycles. The third-order valence-corrected chi connectivity index (χ3v) is 4.41. The van der Waals surface area contributed by atoms with Crippen molar-refractivity contribution in [2.45, 2.75) is 25.0 Å². The number of aromatic nitrogens is 3. The zero-order valence-corrected chi connectivity index (χ0v) is 13.9. The summed E-state index contributed by atoms with van der Waals surface area (Å²) >= 11 is 0. The van der Waals surface area contributed by atoms with Crippen molar-refractivity contribution in [2.75, 3.05) is 31.6 Å². The Morgan fingerprint density at radius 3 is 3.00 bits per heavy atom. The Hall–Kier alpha value is -2.41. The van der Waals surface area contributed by atoms with E-state index in [-0.39, 0.29) is 5.91 Å². The SMILES string of the molecule is CN(C[C@@]1(O)CCN(c2ccccn2)C1)C(=O)CCn1ccnc1. The second-order valence-electron chi connectivity index (χ2n) is 6.38. The molecule has 3 rings (SSSR count). The number of aryl methyl sites for hydroxylation is 1. The van der Waals surface area contributed by atoms with Crippen molar-refractivity contribution in [3.05, 3.63) is 43.1 Å². The molecule has 128 valence electrons. The minimum Gasteiger partial charge on any atom is -0.386 e. The lowest BCUT2D eigenvalue weighted by Gasteiger charge is -2.29. The first-order valence-electron chi connectivity index (χ1n) is 8.14. The largest absolute Gasteiger partial charge is 0.386 e. The van der Waals surface area contributed by atoms with Crippen LogP contribution >= 0.6 is 0 Å². The zero-order valence-electron chi connectivity index (χ0n) is 13.9. The van der Waals surface area contributed by atoms with E-state index in [1.54, 1.807) is 30.7 Å². The zero-order chi connectivity index (χ0) is 17.0. The first-order chi connectivity index (χ1) is 11.6. The summed E-state index contributed by atoms with van der Waals surface area (Å²) in [7, 11) is 1.75. The van der Waals surface area contributed by atoms with Crippen LogP contribution < -0.4 is 4.90 Å². The van der Waals surface area contributed by atoms with Gasteiger partial charge in [-0.15, -0.1) is 0 Å². The van der Waals surface area contributed by atoms with Gasteiger partial charge in [0.05, 0.1) is 12.9 Å². The predicted molar refractivity (Wildman–Crippen MR) is 90.5 cm³/mol. The summed E-state index contributed by atoms with van der Waals surface area (Å²) in [6.07, 6.45) is 8.00. The molecule has 0 radical (unpaired) electrons. The van der Waals surface area contributed by atoms with Gasteiger partial charge in [-0.2, -0.15) is 0 Å². The number of anilines is 1. The Labute approximate surface area is 141 Å². The number of carbonyl (C=O) groups excluding carboxylic acids is 1. The lowest BCUT2D eigenvalue weighted by molar-refractivity contribution is -0.133. The van der Waals surface area contributed by atoms with Crippen molar-refractivity contribution in [1.82, 2.24) is 19.4 Å². The van der Waals surface area contributed by atoms with Crippen LogP contribution in [0, 0.1) is 0 Å². The van der Waals surface area contributed by atoms with Crippen LogP contribution in [0.4, 0.5) is 5.82 Å². The molecule has 2 aromatic heterocycles. The van der Waals surface area contributed by atoms with E-state index < -0.39 is 5.60 Å². The van der Waals surface area contributed by atoms with Gasteiger partial charge in [0.15, 0.2) is 0 Å². The highest BCUT2D eigenvalue weighted by molar-refractivity contribution is 5.75. The fourth-order valence-electron chi connectivity index (χ4n) is 3.09. The van der Waals surface area contributed by atoms with Crippen LogP contribution in [0.25, 0.3) is 0 Å². The molecular formula is C17H23N5O2. The molecule has 1 amide bonds. The number of nitrogens with zero attached hydrogens (tertiary/aromatic N) is 5. The highest BCUT2D eigenvalue weighted by Gasteiger charge is 2.38. The van der Waals surface area contributed by atoms with Crippen molar-refractivity contribution in [3.63, 3.8) is 0 Å². The number of hydrogen-bond donors (Lipinski definition) is 1. The molecule has 0 unspecified atom stereocenters. The Kier molecular flexibility index (Phi) is 4.80. The number of amides is 1. The highest BCUT2D eigenvalue weighted by atomic mass is 16.3. The normalized spacial score (nSPS) is 20.3. The third-order valence-electron chi connectivity index (χ3n) is 4.41. The Bertz CT molecular complexity index is 661. The maximum atomic E-state index is 12.3. The van der Waals surface area contributed by atoms with E-state index in [0.717, 1.165) is 12.4 Å². The summed E-state index contributed by atoms with van der Waals surface area (Å²) < 4.78 is 1.87. The number of carbonyl (C=O) groups is 1.